The summed E-state index contributed by atoms with van der Waals surface area (Å²) in [5, 5.41) is 18.0. The van der Waals surface area contributed by atoms with Crippen molar-refractivity contribution in [3.8, 4) is 5.88 Å². The Morgan fingerprint density at radius 3 is 3.20 bits per heavy atom. The molecule has 1 N–H and O–H groups in total. The molecule has 2 aromatic heterocycles. The number of nitrogens with zero attached hydrogens (tertiary/aromatic N) is 5. The van der Waals surface area contributed by atoms with Crippen LogP contribution in [-0.4, -0.2) is 45.0 Å². The molecule has 7 nitrogen and oxygen atoms in total. The highest BCUT2D eigenvalue weighted by Crippen LogP contribution is 2.07. The Labute approximate surface area is 86.4 Å². The van der Waals surface area contributed by atoms with Crippen LogP contribution in [0.25, 0.3) is 5.65 Å². The van der Waals surface area contributed by atoms with E-state index in [0.29, 0.717) is 11.5 Å². The first kappa shape index (κ1) is 9.78. The highest BCUT2D eigenvalue weighted by molar-refractivity contribution is 5.34. The summed E-state index contributed by atoms with van der Waals surface area (Å²) in [6.07, 6.45) is 0.0523. The SMILES string of the molecule is CNCC(C)Oc1ccc2nnnn2n1. The molecule has 7 heteroatoms. The van der Waals surface area contributed by atoms with Crippen molar-refractivity contribution >= 4 is 5.65 Å². The first-order valence-electron chi connectivity index (χ1n) is 4.66. The number of likely N-dealkylation sites (N-methyl/N-ethyl adjacent to an activating group) is 1. The van der Waals surface area contributed by atoms with Gasteiger partial charge in [0.05, 0.1) is 0 Å². The second kappa shape index (κ2) is 4.18. The lowest BCUT2D eigenvalue weighted by molar-refractivity contribution is 0.208. The van der Waals surface area contributed by atoms with E-state index >= 15 is 0 Å². The fraction of sp³-hybridized carbons (Fsp3) is 0.500. The number of hydrogen-bond acceptors (Lipinski definition) is 6. The monoisotopic (exact) mass is 208 g/mol. The molecule has 0 fully saturated rings. The van der Waals surface area contributed by atoms with Gasteiger partial charge in [0.25, 0.3) is 0 Å². The Morgan fingerprint density at radius 1 is 1.53 bits per heavy atom. The Bertz CT molecular complexity index is 441. The van der Waals surface area contributed by atoms with E-state index in [9.17, 15) is 0 Å². The quantitative estimate of drug-likeness (QED) is 0.730. The lowest BCUT2D eigenvalue weighted by atomic mass is 10.4. The van der Waals surface area contributed by atoms with Gasteiger partial charge in [0.2, 0.25) is 5.88 Å². The minimum Gasteiger partial charge on any atom is -0.472 e. The van der Waals surface area contributed by atoms with E-state index in [2.05, 4.69) is 25.9 Å². The van der Waals surface area contributed by atoms with Gasteiger partial charge in [-0.05, 0) is 30.5 Å². The van der Waals surface area contributed by atoms with Crippen LogP contribution >= 0.6 is 0 Å². The van der Waals surface area contributed by atoms with Crippen molar-refractivity contribution in [2.75, 3.05) is 13.6 Å². The summed E-state index contributed by atoms with van der Waals surface area (Å²) in [7, 11) is 1.87. The van der Waals surface area contributed by atoms with Gasteiger partial charge in [-0.25, -0.2) is 0 Å². The van der Waals surface area contributed by atoms with Gasteiger partial charge in [-0.3, -0.25) is 0 Å². The second-order valence-corrected chi connectivity index (χ2v) is 3.18. The van der Waals surface area contributed by atoms with Crippen molar-refractivity contribution in [3.63, 3.8) is 0 Å². The summed E-state index contributed by atoms with van der Waals surface area (Å²) >= 11 is 0. The molecule has 1 unspecified atom stereocenters. The van der Waals surface area contributed by atoms with Crippen LogP contribution in [-0.2, 0) is 0 Å². The molecule has 1 atom stereocenters. The highest BCUT2D eigenvalue weighted by atomic mass is 16.5. The third kappa shape index (κ3) is 2.18. The van der Waals surface area contributed by atoms with E-state index in [1.807, 2.05) is 14.0 Å². The lowest BCUT2D eigenvalue weighted by Gasteiger charge is -2.12. The maximum atomic E-state index is 5.54. The van der Waals surface area contributed by atoms with Gasteiger partial charge in [0.1, 0.15) is 6.10 Å². The predicted octanol–water partition coefficient (Wildman–Crippen LogP) is -0.494. The molecule has 0 radical (unpaired) electrons. The molecule has 0 amide bonds. The zero-order valence-corrected chi connectivity index (χ0v) is 8.58. The maximum Gasteiger partial charge on any atom is 0.233 e. The normalized spacial score (nSPS) is 12.9. The third-order valence-corrected chi connectivity index (χ3v) is 1.86. The van der Waals surface area contributed by atoms with Crippen LogP contribution in [0.3, 0.4) is 0 Å². The molecule has 2 aromatic rings. The van der Waals surface area contributed by atoms with Gasteiger partial charge in [-0.2, -0.15) is 0 Å². The Balaban J connectivity index is 2.14. The molecular formula is C8H12N6O. The van der Waals surface area contributed by atoms with Gasteiger partial charge in [-0.1, -0.05) is 0 Å². The standard InChI is InChI=1S/C8H12N6O/c1-6(5-9-2)15-8-4-3-7-10-12-13-14(7)11-8/h3-4,6,9H,5H2,1-2H3. The average molecular weight is 208 g/mol. The van der Waals surface area contributed by atoms with Crippen molar-refractivity contribution in [3.05, 3.63) is 12.1 Å². The number of ether oxygens (including phenoxy) is 1. The molecule has 0 aliphatic carbocycles. The van der Waals surface area contributed by atoms with Crippen molar-refractivity contribution < 1.29 is 4.74 Å². The number of nitrogens with one attached hydrogen (secondary N) is 1. The van der Waals surface area contributed by atoms with Gasteiger partial charge in [-0.15, -0.1) is 14.8 Å². The zero-order chi connectivity index (χ0) is 10.7. The topological polar surface area (TPSA) is 77.2 Å². The molecule has 0 bridgehead atoms. The molecule has 0 aliphatic rings. The Morgan fingerprint density at radius 2 is 2.40 bits per heavy atom. The maximum absolute atomic E-state index is 5.54. The van der Waals surface area contributed by atoms with Crippen LogP contribution < -0.4 is 10.1 Å². The molecule has 0 spiro atoms. The van der Waals surface area contributed by atoms with E-state index in [1.54, 1.807) is 12.1 Å². The summed E-state index contributed by atoms with van der Waals surface area (Å²) in [4.78, 5) is 0. The van der Waals surface area contributed by atoms with Crippen LogP contribution in [0.5, 0.6) is 5.88 Å². The number of fused-ring (bicyclic) bond motifs is 1. The molecule has 80 valence electrons. The Hall–Kier alpha value is -1.76. The Kier molecular flexibility index (Phi) is 2.72. The van der Waals surface area contributed by atoms with E-state index in [4.69, 9.17) is 4.74 Å². The largest absolute Gasteiger partial charge is 0.472 e. The molecule has 2 heterocycles. The van der Waals surface area contributed by atoms with Crippen molar-refractivity contribution in [2.24, 2.45) is 0 Å². The summed E-state index contributed by atoms with van der Waals surface area (Å²) in [5.41, 5.74) is 0.601. The molecule has 0 saturated carbocycles. The van der Waals surface area contributed by atoms with E-state index < -0.39 is 0 Å². The van der Waals surface area contributed by atoms with Crippen LogP contribution in [0.2, 0.25) is 0 Å². The van der Waals surface area contributed by atoms with Gasteiger partial charge in [0, 0.05) is 12.6 Å². The van der Waals surface area contributed by atoms with E-state index in [-0.39, 0.29) is 6.10 Å². The lowest BCUT2D eigenvalue weighted by Crippen LogP contribution is -2.26. The third-order valence-electron chi connectivity index (χ3n) is 1.86. The second-order valence-electron chi connectivity index (χ2n) is 3.18. The fourth-order valence-electron chi connectivity index (χ4n) is 1.23. The van der Waals surface area contributed by atoms with Crippen LogP contribution in [0.4, 0.5) is 0 Å². The summed E-state index contributed by atoms with van der Waals surface area (Å²) < 4.78 is 6.88. The number of rotatable bonds is 4. The van der Waals surface area contributed by atoms with Crippen LogP contribution in [0, 0.1) is 0 Å². The predicted molar refractivity (Wildman–Crippen MR) is 52.6 cm³/mol. The van der Waals surface area contributed by atoms with E-state index in [0.717, 1.165) is 6.54 Å². The number of aromatic nitrogens is 5. The summed E-state index contributed by atoms with van der Waals surface area (Å²) in [5.74, 6) is 0.512. The van der Waals surface area contributed by atoms with Gasteiger partial charge < -0.3 is 10.1 Å². The first-order valence-corrected chi connectivity index (χ1v) is 4.66. The summed E-state index contributed by atoms with van der Waals surface area (Å²) in [6, 6.07) is 3.51. The molecule has 0 aliphatic heterocycles. The van der Waals surface area contributed by atoms with Crippen molar-refractivity contribution in [1.29, 1.82) is 0 Å². The van der Waals surface area contributed by atoms with Gasteiger partial charge in [0.15, 0.2) is 5.65 Å². The fourth-order valence-corrected chi connectivity index (χ4v) is 1.23. The average Bonchev–Trinajstić information content (AvgIpc) is 2.65. The molecule has 0 saturated heterocycles. The molecular weight excluding hydrogens is 196 g/mol. The smallest absolute Gasteiger partial charge is 0.233 e. The van der Waals surface area contributed by atoms with Crippen molar-refractivity contribution in [2.45, 2.75) is 13.0 Å². The van der Waals surface area contributed by atoms with Gasteiger partial charge >= 0.3 is 0 Å². The molecule has 15 heavy (non-hydrogen) atoms. The first-order chi connectivity index (χ1) is 7.29. The number of tetrazole rings is 1. The minimum absolute atomic E-state index is 0.0523. The van der Waals surface area contributed by atoms with Crippen molar-refractivity contribution in [1.82, 2.24) is 30.6 Å². The summed E-state index contributed by atoms with van der Waals surface area (Å²) in [6.45, 7) is 2.72. The molecule has 2 rings (SSSR count). The van der Waals surface area contributed by atoms with Crippen LogP contribution in [0.15, 0.2) is 12.1 Å². The number of hydrogen-bond donors (Lipinski definition) is 1. The zero-order valence-electron chi connectivity index (χ0n) is 8.58. The van der Waals surface area contributed by atoms with Crippen LogP contribution in [0.1, 0.15) is 6.92 Å². The van der Waals surface area contributed by atoms with E-state index in [1.165, 1.54) is 4.63 Å². The highest BCUT2D eigenvalue weighted by Gasteiger charge is 2.05. The minimum atomic E-state index is 0.0523. The molecule has 0 aromatic carbocycles.